The van der Waals surface area contributed by atoms with Crippen molar-refractivity contribution >= 4 is 35.3 Å². The van der Waals surface area contributed by atoms with E-state index in [0.717, 1.165) is 0 Å². The second kappa shape index (κ2) is 8.83. The normalized spacial score (nSPS) is 10.2. The number of nitrogens with zero attached hydrogens (tertiary/aromatic N) is 2. The molecule has 0 bridgehead atoms. The summed E-state index contributed by atoms with van der Waals surface area (Å²) in [5.41, 5.74) is 0.622. The highest BCUT2D eigenvalue weighted by atomic mass is 32.2. The third-order valence-electron chi connectivity index (χ3n) is 2.99. The molecule has 0 radical (unpaired) electrons. The molecule has 2 aromatic rings. The van der Waals surface area contributed by atoms with E-state index in [0.29, 0.717) is 10.8 Å². The van der Waals surface area contributed by atoms with Crippen LogP contribution < -0.4 is 16.0 Å². The van der Waals surface area contributed by atoms with Crippen molar-refractivity contribution in [1.82, 2.24) is 15.3 Å². The van der Waals surface area contributed by atoms with Crippen molar-refractivity contribution in [2.24, 2.45) is 0 Å². The lowest BCUT2D eigenvalue weighted by molar-refractivity contribution is 0.102. The van der Waals surface area contributed by atoms with E-state index in [4.69, 9.17) is 5.11 Å². The predicted molar refractivity (Wildman–Crippen MR) is 92.7 cm³/mol. The maximum Gasteiger partial charge on any atom is 0.404 e. The molecule has 1 heterocycles. The molecule has 2 rings (SSSR count). The summed E-state index contributed by atoms with van der Waals surface area (Å²) in [6, 6.07) is 5.35. The quantitative estimate of drug-likeness (QED) is 0.338. The number of anilines is 2. The van der Waals surface area contributed by atoms with Crippen LogP contribution in [0.25, 0.3) is 0 Å². The summed E-state index contributed by atoms with van der Waals surface area (Å²) in [5.74, 6) is -0.585. The first-order chi connectivity index (χ1) is 12.0. The van der Waals surface area contributed by atoms with Gasteiger partial charge in [-0.05, 0) is 30.5 Å². The first kappa shape index (κ1) is 18.5. The molecule has 0 saturated carbocycles. The van der Waals surface area contributed by atoms with Gasteiger partial charge in [0, 0.05) is 25.0 Å². The lowest BCUT2D eigenvalue weighted by atomic mass is 10.2. The van der Waals surface area contributed by atoms with E-state index in [9.17, 15) is 14.0 Å². The Morgan fingerprint density at radius 1 is 1.24 bits per heavy atom. The van der Waals surface area contributed by atoms with Gasteiger partial charge in [-0.1, -0.05) is 11.8 Å². The maximum atomic E-state index is 12.9. The molecule has 0 fully saturated rings. The largest absolute Gasteiger partial charge is 0.465 e. The lowest BCUT2D eigenvalue weighted by Crippen LogP contribution is -2.28. The Labute approximate surface area is 147 Å². The molecule has 0 aliphatic rings. The van der Waals surface area contributed by atoms with Gasteiger partial charge in [0.2, 0.25) is 0 Å². The van der Waals surface area contributed by atoms with Crippen molar-refractivity contribution < 1.29 is 19.1 Å². The summed E-state index contributed by atoms with van der Waals surface area (Å²) < 4.78 is 12.9. The molecule has 1 aromatic heterocycles. The third kappa shape index (κ3) is 5.60. The van der Waals surface area contributed by atoms with E-state index >= 15 is 0 Å². The van der Waals surface area contributed by atoms with Crippen molar-refractivity contribution in [1.29, 1.82) is 0 Å². The fourth-order valence-corrected chi connectivity index (χ4v) is 2.19. The molecule has 1 aromatic carbocycles. The molecular weight excluding hydrogens is 349 g/mol. The van der Waals surface area contributed by atoms with Crippen LogP contribution in [-0.4, -0.2) is 46.4 Å². The van der Waals surface area contributed by atoms with E-state index in [1.807, 2.05) is 0 Å². The van der Waals surface area contributed by atoms with Crippen LogP contribution in [0.4, 0.5) is 20.7 Å². The van der Waals surface area contributed by atoms with Crippen LogP contribution in [0, 0.1) is 5.82 Å². The van der Waals surface area contributed by atoms with Crippen LogP contribution in [0.2, 0.25) is 0 Å². The second-order valence-corrected chi connectivity index (χ2v) is 5.51. The first-order valence-electron chi connectivity index (χ1n) is 7.18. The van der Waals surface area contributed by atoms with Gasteiger partial charge in [-0.25, -0.2) is 19.2 Å². The predicted octanol–water partition coefficient (Wildman–Crippen LogP) is 2.27. The van der Waals surface area contributed by atoms with Crippen LogP contribution in [-0.2, 0) is 0 Å². The summed E-state index contributed by atoms with van der Waals surface area (Å²) in [4.78, 5) is 31.2. The molecule has 0 atom stereocenters. The Morgan fingerprint density at radius 3 is 2.60 bits per heavy atom. The van der Waals surface area contributed by atoms with E-state index in [2.05, 4.69) is 25.9 Å². The Balaban J connectivity index is 2.12. The number of carbonyl (C=O) groups is 2. The van der Waals surface area contributed by atoms with Gasteiger partial charge >= 0.3 is 6.09 Å². The van der Waals surface area contributed by atoms with Gasteiger partial charge in [-0.15, -0.1) is 0 Å². The van der Waals surface area contributed by atoms with Gasteiger partial charge in [-0.3, -0.25) is 4.79 Å². The van der Waals surface area contributed by atoms with E-state index in [1.54, 1.807) is 6.26 Å². The van der Waals surface area contributed by atoms with Gasteiger partial charge < -0.3 is 21.1 Å². The number of hydrogen-bond donors (Lipinski definition) is 4. The molecule has 132 valence electrons. The number of carbonyl (C=O) groups excluding carboxylic acids is 1. The first-order valence-corrected chi connectivity index (χ1v) is 8.40. The maximum absolute atomic E-state index is 12.9. The number of benzene rings is 1. The molecule has 8 nitrogen and oxygen atoms in total. The van der Waals surface area contributed by atoms with Gasteiger partial charge in [0.1, 0.15) is 17.2 Å². The minimum Gasteiger partial charge on any atom is -0.465 e. The summed E-state index contributed by atoms with van der Waals surface area (Å²) in [7, 11) is 0. The SMILES string of the molecule is CSc1ncc(C(=O)Nc2ccc(F)cc2)c(NCCNC(=O)O)n1. The number of halogens is 1. The lowest BCUT2D eigenvalue weighted by Gasteiger charge is -2.12. The molecule has 0 aliphatic carbocycles. The smallest absolute Gasteiger partial charge is 0.404 e. The van der Waals surface area contributed by atoms with Gasteiger partial charge in [-0.2, -0.15) is 0 Å². The van der Waals surface area contributed by atoms with Crippen LogP contribution in [0.5, 0.6) is 0 Å². The number of hydrogen-bond acceptors (Lipinski definition) is 6. The zero-order chi connectivity index (χ0) is 18.2. The van der Waals surface area contributed by atoms with E-state index in [-0.39, 0.29) is 24.5 Å². The van der Waals surface area contributed by atoms with Gasteiger partial charge in [0.05, 0.1) is 0 Å². The molecule has 0 spiro atoms. The summed E-state index contributed by atoms with van der Waals surface area (Å²) in [5, 5.41) is 16.8. The molecule has 0 saturated heterocycles. The highest BCUT2D eigenvalue weighted by molar-refractivity contribution is 7.98. The zero-order valence-electron chi connectivity index (χ0n) is 13.2. The van der Waals surface area contributed by atoms with Crippen LogP contribution in [0.15, 0.2) is 35.6 Å². The Morgan fingerprint density at radius 2 is 1.96 bits per heavy atom. The van der Waals surface area contributed by atoms with Crippen molar-refractivity contribution in [3.8, 4) is 0 Å². The topological polar surface area (TPSA) is 116 Å². The van der Waals surface area contributed by atoms with Crippen molar-refractivity contribution in [3.63, 3.8) is 0 Å². The van der Waals surface area contributed by atoms with Crippen molar-refractivity contribution in [3.05, 3.63) is 41.8 Å². The standard InChI is InChI=1S/C15H16FN5O3S/c1-25-14-19-8-11(12(21-14)17-6-7-18-15(23)24)13(22)20-10-4-2-9(16)3-5-10/h2-5,8,18H,6-7H2,1H3,(H,20,22)(H,23,24)(H,17,19,21). The minimum atomic E-state index is -1.14. The van der Waals surface area contributed by atoms with Crippen LogP contribution >= 0.6 is 11.8 Å². The van der Waals surface area contributed by atoms with E-state index in [1.165, 1.54) is 42.2 Å². The van der Waals surface area contributed by atoms with Gasteiger partial charge in [0.25, 0.3) is 5.91 Å². The molecule has 25 heavy (non-hydrogen) atoms. The third-order valence-corrected chi connectivity index (χ3v) is 3.55. The molecule has 0 aliphatic heterocycles. The Bertz CT molecular complexity index is 757. The molecular formula is C15H16FN5O3S. The summed E-state index contributed by atoms with van der Waals surface area (Å²) >= 11 is 1.31. The Hall–Kier alpha value is -2.88. The summed E-state index contributed by atoms with van der Waals surface area (Å²) in [6.45, 7) is 0.390. The monoisotopic (exact) mass is 365 g/mol. The number of carboxylic acid groups (broad SMARTS) is 1. The minimum absolute atomic E-state index is 0.146. The highest BCUT2D eigenvalue weighted by Crippen LogP contribution is 2.18. The van der Waals surface area contributed by atoms with Crippen LogP contribution in [0.3, 0.4) is 0 Å². The molecule has 2 amide bonds. The molecule has 0 unspecified atom stereocenters. The fraction of sp³-hybridized carbons (Fsp3) is 0.200. The van der Waals surface area contributed by atoms with E-state index < -0.39 is 17.8 Å². The van der Waals surface area contributed by atoms with Crippen molar-refractivity contribution in [2.45, 2.75) is 5.16 Å². The average Bonchev–Trinajstić information content (AvgIpc) is 2.60. The number of rotatable bonds is 7. The second-order valence-electron chi connectivity index (χ2n) is 4.74. The highest BCUT2D eigenvalue weighted by Gasteiger charge is 2.15. The molecule has 10 heteroatoms. The van der Waals surface area contributed by atoms with Crippen LogP contribution in [0.1, 0.15) is 10.4 Å². The fourth-order valence-electron chi connectivity index (χ4n) is 1.85. The summed E-state index contributed by atoms with van der Waals surface area (Å²) in [6.07, 6.45) is 2.04. The van der Waals surface area contributed by atoms with Crippen molar-refractivity contribution in [2.75, 3.05) is 30.0 Å². The number of thioether (sulfide) groups is 1. The zero-order valence-corrected chi connectivity index (χ0v) is 14.1. The van der Waals surface area contributed by atoms with Gasteiger partial charge in [0.15, 0.2) is 5.16 Å². The number of aromatic nitrogens is 2. The Kier molecular flexibility index (Phi) is 6.52. The average molecular weight is 365 g/mol. The number of nitrogens with one attached hydrogen (secondary N) is 3. The molecule has 4 N–H and O–H groups in total. The number of amides is 2.